The fourth-order valence-electron chi connectivity index (χ4n) is 2.76. The van der Waals surface area contributed by atoms with Gasteiger partial charge in [0.1, 0.15) is 12.4 Å². The van der Waals surface area contributed by atoms with Gasteiger partial charge in [0.25, 0.3) is 0 Å². The zero-order valence-corrected chi connectivity index (χ0v) is 17.0. The molecule has 4 nitrogen and oxygen atoms in total. The number of hydrogen-bond donors (Lipinski definition) is 0. The van der Waals surface area contributed by atoms with Crippen molar-refractivity contribution in [3.63, 3.8) is 0 Å². The number of ether oxygens (including phenoxy) is 2. The highest BCUT2D eigenvalue weighted by Crippen LogP contribution is 2.45. The Morgan fingerprint density at radius 3 is 2.33 bits per heavy atom. The predicted molar refractivity (Wildman–Crippen MR) is 111 cm³/mol. The molecule has 0 bridgehead atoms. The van der Waals surface area contributed by atoms with Crippen LogP contribution in [0.5, 0.6) is 5.75 Å². The summed E-state index contributed by atoms with van der Waals surface area (Å²) >= 11 is 3.86. The van der Waals surface area contributed by atoms with E-state index in [1.807, 2.05) is 54.7 Å². The van der Waals surface area contributed by atoms with Crippen molar-refractivity contribution in [1.29, 1.82) is 0 Å². The summed E-state index contributed by atoms with van der Waals surface area (Å²) in [5, 5.41) is 0. The lowest BCUT2D eigenvalue weighted by Crippen LogP contribution is -2.07. The molecule has 142 valence electrons. The lowest BCUT2D eigenvalue weighted by molar-refractivity contribution is 0.0469. The first-order valence-corrected chi connectivity index (χ1v) is 10.9. The van der Waals surface area contributed by atoms with Crippen molar-refractivity contribution in [2.24, 2.45) is 0 Å². The van der Waals surface area contributed by atoms with Crippen LogP contribution in [0.4, 0.5) is 0 Å². The van der Waals surface area contributed by atoms with Crippen LogP contribution in [0, 0.1) is 0 Å². The zero-order chi connectivity index (χ0) is 19.2. The van der Waals surface area contributed by atoms with Gasteiger partial charge in [0, 0.05) is 22.6 Å². The van der Waals surface area contributed by atoms with Gasteiger partial charge in [-0.25, -0.2) is 4.79 Å². The Labute approximate surface area is 168 Å². The number of thioether (sulfide) groups is 2. The molecule has 1 aliphatic heterocycles. The highest BCUT2D eigenvalue weighted by atomic mass is 32.2. The quantitative estimate of drug-likeness (QED) is 0.473. The average Bonchev–Trinajstić information content (AvgIpc) is 3.22. The molecule has 1 heterocycles. The molecule has 2 aromatic carbocycles. The Balaban J connectivity index is 1.67. The van der Waals surface area contributed by atoms with E-state index >= 15 is 0 Å². The molecule has 0 unspecified atom stereocenters. The lowest BCUT2D eigenvalue weighted by Gasteiger charge is -2.12. The van der Waals surface area contributed by atoms with Crippen LogP contribution in [0.3, 0.4) is 0 Å². The van der Waals surface area contributed by atoms with Gasteiger partial charge < -0.3 is 9.47 Å². The number of carbonyl (C=O) groups is 2. The molecule has 2 aromatic rings. The van der Waals surface area contributed by atoms with Crippen LogP contribution >= 0.6 is 23.5 Å². The third-order valence-corrected chi connectivity index (χ3v) is 7.27. The number of carbonyl (C=O) groups excluding carboxylic acids is 2. The summed E-state index contributed by atoms with van der Waals surface area (Å²) < 4.78 is 11.5. The van der Waals surface area contributed by atoms with Crippen LogP contribution in [0.2, 0.25) is 0 Å². The maximum Gasteiger partial charge on any atom is 0.338 e. The van der Waals surface area contributed by atoms with Crippen molar-refractivity contribution in [3.05, 3.63) is 64.7 Å². The SMILES string of the molecule is CCOc1ccc(C(C)=O)cc1COC(=O)c1ccc(C2SCCS2)cc1. The van der Waals surface area contributed by atoms with Crippen LogP contribution in [-0.2, 0) is 11.3 Å². The van der Waals surface area contributed by atoms with Gasteiger partial charge in [-0.15, -0.1) is 23.5 Å². The van der Waals surface area contributed by atoms with Crippen molar-refractivity contribution < 1.29 is 19.1 Å². The molecule has 0 aliphatic carbocycles. The highest BCUT2D eigenvalue weighted by Gasteiger charge is 2.19. The number of ketones is 1. The Kier molecular flexibility index (Phi) is 6.85. The van der Waals surface area contributed by atoms with E-state index in [1.54, 1.807) is 18.2 Å². The molecule has 0 amide bonds. The summed E-state index contributed by atoms with van der Waals surface area (Å²) in [4.78, 5) is 24.0. The third kappa shape index (κ3) is 5.08. The van der Waals surface area contributed by atoms with Crippen LogP contribution in [0.1, 0.15) is 50.3 Å². The zero-order valence-electron chi connectivity index (χ0n) is 15.4. The Morgan fingerprint density at radius 1 is 1.04 bits per heavy atom. The molecule has 1 saturated heterocycles. The van der Waals surface area contributed by atoms with Crippen molar-refractivity contribution in [1.82, 2.24) is 0 Å². The van der Waals surface area contributed by atoms with Crippen molar-refractivity contribution in [3.8, 4) is 5.75 Å². The summed E-state index contributed by atoms with van der Waals surface area (Å²) in [6.45, 7) is 3.95. The predicted octanol–water partition coefficient (Wildman–Crippen LogP) is 5.12. The Bertz CT molecular complexity index is 811. The normalized spacial score (nSPS) is 14.1. The first-order valence-electron chi connectivity index (χ1n) is 8.85. The minimum atomic E-state index is -0.385. The van der Waals surface area contributed by atoms with Crippen LogP contribution in [0.25, 0.3) is 0 Å². The Morgan fingerprint density at radius 2 is 1.70 bits per heavy atom. The van der Waals surface area contributed by atoms with Gasteiger partial charge in [-0.2, -0.15) is 0 Å². The van der Waals surface area contributed by atoms with Crippen molar-refractivity contribution >= 4 is 35.3 Å². The van der Waals surface area contributed by atoms with Gasteiger partial charge in [0.05, 0.1) is 16.8 Å². The second kappa shape index (κ2) is 9.33. The lowest BCUT2D eigenvalue weighted by atomic mass is 10.1. The van der Waals surface area contributed by atoms with Crippen LogP contribution in [-0.4, -0.2) is 29.9 Å². The maximum atomic E-state index is 12.4. The average molecular weight is 403 g/mol. The van der Waals surface area contributed by atoms with Gasteiger partial charge in [0.2, 0.25) is 0 Å². The van der Waals surface area contributed by atoms with Gasteiger partial charge in [0.15, 0.2) is 5.78 Å². The molecular weight excluding hydrogens is 380 g/mol. The monoisotopic (exact) mass is 402 g/mol. The minimum Gasteiger partial charge on any atom is -0.493 e. The summed E-state index contributed by atoms with van der Waals surface area (Å²) in [6.07, 6.45) is 0. The number of rotatable bonds is 7. The summed E-state index contributed by atoms with van der Waals surface area (Å²) in [7, 11) is 0. The van der Waals surface area contributed by atoms with Crippen molar-refractivity contribution in [2.75, 3.05) is 18.1 Å². The van der Waals surface area contributed by atoms with Gasteiger partial charge in [-0.1, -0.05) is 12.1 Å². The van der Waals surface area contributed by atoms with Gasteiger partial charge in [-0.3, -0.25) is 4.79 Å². The van der Waals surface area contributed by atoms with E-state index in [0.29, 0.717) is 33.6 Å². The highest BCUT2D eigenvalue weighted by molar-refractivity contribution is 8.19. The number of benzene rings is 2. The second-order valence-corrected chi connectivity index (χ2v) is 8.81. The van der Waals surface area contributed by atoms with Gasteiger partial charge >= 0.3 is 5.97 Å². The molecule has 6 heteroatoms. The summed E-state index contributed by atoms with van der Waals surface area (Å²) in [5.74, 6) is 2.54. The minimum absolute atomic E-state index is 0.0381. The van der Waals surface area contributed by atoms with E-state index in [4.69, 9.17) is 9.47 Å². The molecule has 0 spiro atoms. The van der Waals surface area contributed by atoms with E-state index < -0.39 is 0 Å². The number of esters is 1. The largest absolute Gasteiger partial charge is 0.493 e. The Hall–Kier alpha value is -1.92. The standard InChI is InChI=1S/C21H22O4S2/c1-3-24-19-9-8-17(14(2)22)12-18(19)13-25-20(23)15-4-6-16(7-5-15)21-26-10-11-27-21/h4-9,12,21H,3,10-11,13H2,1-2H3. The molecular formula is C21H22O4S2. The van der Waals surface area contributed by atoms with E-state index in [2.05, 4.69) is 0 Å². The second-order valence-electron chi connectivity index (χ2n) is 6.08. The third-order valence-electron chi connectivity index (χ3n) is 4.17. The van der Waals surface area contributed by atoms with E-state index in [9.17, 15) is 9.59 Å². The maximum absolute atomic E-state index is 12.4. The van der Waals surface area contributed by atoms with E-state index in [0.717, 1.165) is 0 Å². The van der Waals surface area contributed by atoms with Gasteiger partial charge in [-0.05, 0) is 49.7 Å². The molecule has 0 atom stereocenters. The topological polar surface area (TPSA) is 52.6 Å². The first-order chi connectivity index (χ1) is 13.1. The molecule has 1 fully saturated rings. The molecule has 0 saturated carbocycles. The van der Waals surface area contributed by atoms with Crippen LogP contribution < -0.4 is 4.74 Å². The van der Waals surface area contributed by atoms with E-state index in [-0.39, 0.29) is 18.4 Å². The molecule has 0 aromatic heterocycles. The van der Waals surface area contributed by atoms with E-state index in [1.165, 1.54) is 24.0 Å². The molecule has 1 aliphatic rings. The molecule has 0 N–H and O–H groups in total. The fourth-order valence-corrected chi connectivity index (χ4v) is 5.62. The number of hydrogen-bond acceptors (Lipinski definition) is 6. The summed E-state index contributed by atoms with van der Waals surface area (Å²) in [5.41, 5.74) is 3.01. The van der Waals surface area contributed by atoms with Crippen LogP contribution in [0.15, 0.2) is 42.5 Å². The number of Topliss-reactive ketones (excluding diaryl/α,β-unsaturated/α-hetero) is 1. The summed E-state index contributed by atoms with van der Waals surface area (Å²) in [6, 6.07) is 12.8. The molecule has 3 rings (SSSR count). The fraction of sp³-hybridized carbons (Fsp3) is 0.333. The molecule has 27 heavy (non-hydrogen) atoms. The van der Waals surface area contributed by atoms with Crippen molar-refractivity contribution in [2.45, 2.75) is 25.0 Å². The smallest absolute Gasteiger partial charge is 0.338 e. The first kappa shape index (κ1) is 19.8. The molecule has 0 radical (unpaired) electrons.